The zero-order valence-electron chi connectivity index (χ0n) is 22.4. The van der Waals surface area contributed by atoms with Crippen molar-refractivity contribution in [1.82, 2.24) is 29.8 Å². The minimum atomic E-state index is -3.21. The number of piperidine rings is 1. The molecule has 1 saturated heterocycles. The second kappa shape index (κ2) is 11.1. The highest BCUT2D eigenvalue weighted by Gasteiger charge is 2.25. The molecule has 0 atom stereocenters. The summed E-state index contributed by atoms with van der Waals surface area (Å²) < 4.78 is 30.6. The van der Waals surface area contributed by atoms with Crippen molar-refractivity contribution >= 4 is 49.2 Å². The van der Waals surface area contributed by atoms with Crippen LogP contribution in [0.25, 0.3) is 33.2 Å². The van der Waals surface area contributed by atoms with Crippen LogP contribution >= 0.6 is 0 Å². The van der Waals surface area contributed by atoms with E-state index in [2.05, 4.69) is 20.8 Å². The van der Waals surface area contributed by atoms with E-state index in [1.807, 2.05) is 60.7 Å². The monoisotopic (exact) mass is 571 g/mol. The van der Waals surface area contributed by atoms with Gasteiger partial charge < -0.3 is 15.4 Å². The lowest BCUT2D eigenvalue weighted by Gasteiger charge is -2.30. The maximum absolute atomic E-state index is 12.5. The third-order valence-corrected chi connectivity index (χ3v) is 8.36. The minimum absolute atomic E-state index is 0.0819. The van der Waals surface area contributed by atoms with Crippen LogP contribution in [-0.4, -0.2) is 70.8 Å². The van der Waals surface area contributed by atoms with Gasteiger partial charge in [0.2, 0.25) is 10.0 Å². The highest BCUT2D eigenvalue weighted by Crippen LogP contribution is 2.29. The summed E-state index contributed by atoms with van der Waals surface area (Å²) in [6.45, 7) is 0.637. The summed E-state index contributed by atoms with van der Waals surface area (Å²) in [5.74, 6) is 1.45. The van der Waals surface area contributed by atoms with Gasteiger partial charge in [-0.1, -0.05) is 24.3 Å². The quantitative estimate of drug-likeness (QED) is 0.255. The van der Waals surface area contributed by atoms with Gasteiger partial charge in [0.1, 0.15) is 11.6 Å². The van der Waals surface area contributed by atoms with Crippen LogP contribution in [-0.2, 0) is 14.8 Å². The topological polar surface area (TPSA) is 142 Å². The molecule has 0 unspecified atom stereocenters. The Kier molecular flexibility index (Phi) is 7.25. The van der Waals surface area contributed by atoms with E-state index in [4.69, 9.17) is 14.7 Å². The molecule has 41 heavy (non-hydrogen) atoms. The summed E-state index contributed by atoms with van der Waals surface area (Å²) in [6, 6.07) is 21.0. The molecular weight excluding hydrogens is 542 g/mol. The molecule has 1 aliphatic rings. The highest BCUT2D eigenvalue weighted by atomic mass is 32.2. The summed E-state index contributed by atoms with van der Waals surface area (Å²) >= 11 is 0. The van der Waals surface area contributed by atoms with Crippen molar-refractivity contribution < 1.29 is 17.9 Å². The molecule has 1 aliphatic heterocycles. The molecule has 3 aromatic carbocycles. The number of carbonyl (C=O) groups is 1. The Balaban J connectivity index is 1.16. The van der Waals surface area contributed by atoms with Crippen molar-refractivity contribution in [2.24, 2.45) is 0 Å². The van der Waals surface area contributed by atoms with Gasteiger partial charge in [0.05, 0.1) is 23.5 Å². The van der Waals surface area contributed by atoms with Gasteiger partial charge in [-0.05, 0) is 55.3 Å². The van der Waals surface area contributed by atoms with Crippen LogP contribution in [0.3, 0.4) is 0 Å². The number of rotatable bonds is 8. The molecule has 6 rings (SSSR count). The number of nitrogens with zero attached hydrogens (tertiary/aromatic N) is 4. The zero-order chi connectivity index (χ0) is 28.4. The highest BCUT2D eigenvalue weighted by molar-refractivity contribution is 7.88. The molecule has 1 amide bonds. The third-order valence-electron chi connectivity index (χ3n) is 7.06. The first-order valence-corrected chi connectivity index (χ1v) is 15.1. The molecule has 11 nitrogen and oxygen atoms in total. The van der Waals surface area contributed by atoms with Gasteiger partial charge in [-0.3, -0.25) is 9.89 Å². The smallest absolute Gasteiger partial charge is 0.258 e. The van der Waals surface area contributed by atoms with E-state index in [0.29, 0.717) is 43.3 Å². The SMILES string of the molecule is CS(=O)(=O)N1CCC(NC(=O)COc2cccc(-c3nc(Nc4ccc5[nH]ncc5c4)c4ccccc4n3)c2)CC1. The van der Waals surface area contributed by atoms with Crippen molar-refractivity contribution in [2.45, 2.75) is 18.9 Å². The molecular formula is C29H29N7O4S. The van der Waals surface area contributed by atoms with Crippen molar-refractivity contribution in [3.05, 3.63) is 72.9 Å². The fourth-order valence-corrected chi connectivity index (χ4v) is 5.81. The Hall–Kier alpha value is -4.55. The number of aromatic amines is 1. The third kappa shape index (κ3) is 6.13. The first-order chi connectivity index (χ1) is 19.8. The maximum atomic E-state index is 12.5. The van der Waals surface area contributed by atoms with E-state index < -0.39 is 10.0 Å². The number of aromatic nitrogens is 4. The van der Waals surface area contributed by atoms with E-state index in [0.717, 1.165) is 33.1 Å². The van der Waals surface area contributed by atoms with Gasteiger partial charge in [0.15, 0.2) is 12.4 Å². The molecule has 2 aromatic heterocycles. The predicted octanol–water partition coefficient (Wildman–Crippen LogP) is 3.84. The molecule has 210 valence electrons. The predicted molar refractivity (Wildman–Crippen MR) is 157 cm³/mol. The van der Waals surface area contributed by atoms with Crippen LogP contribution < -0.4 is 15.4 Å². The Morgan fingerprint density at radius 1 is 1.05 bits per heavy atom. The van der Waals surface area contributed by atoms with Crippen LogP contribution in [0, 0.1) is 0 Å². The second-order valence-corrected chi connectivity index (χ2v) is 12.0. The lowest BCUT2D eigenvalue weighted by atomic mass is 10.1. The summed E-state index contributed by atoms with van der Waals surface area (Å²) in [5, 5.41) is 15.3. The molecule has 0 aliphatic carbocycles. The molecule has 0 radical (unpaired) electrons. The number of hydrogen-bond donors (Lipinski definition) is 3. The van der Waals surface area contributed by atoms with E-state index in [-0.39, 0.29) is 18.6 Å². The fraction of sp³-hybridized carbons (Fsp3) is 0.241. The van der Waals surface area contributed by atoms with Crippen LogP contribution in [0.15, 0.2) is 72.9 Å². The molecule has 1 fully saturated rings. The normalized spacial score (nSPS) is 14.8. The van der Waals surface area contributed by atoms with Gasteiger partial charge in [-0.15, -0.1) is 0 Å². The lowest BCUT2D eigenvalue weighted by molar-refractivity contribution is -0.124. The summed E-state index contributed by atoms with van der Waals surface area (Å²) in [4.78, 5) is 22.2. The standard InChI is InChI=1S/C29H29N7O4S/c1-41(38,39)36-13-11-21(12-14-36)31-27(37)18-40-23-6-4-5-19(16-23)28-33-26-8-3-2-7-24(26)29(34-28)32-22-9-10-25-20(15-22)17-30-35-25/h2-10,15-17,21H,11-14,18H2,1H3,(H,30,35)(H,31,37)(H,32,33,34). The summed E-state index contributed by atoms with van der Waals surface area (Å²) in [5.41, 5.74) is 3.36. The number of anilines is 2. The molecule has 3 heterocycles. The Morgan fingerprint density at radius 2 is 1.88 bits per heavy atom. The number of fused-ring (bicyclic) bond motifs is 2. The minimum Gasteiger partial charge on any atom is -0.484 e. The van der Waals surface area contributed by atoms with Crippen molar-refractivity contribution in [2.75, 3.05) is 31.3 Å². The number of nitrogens with one attached hydrogen (secondary N) is 3. The molecule has 12 heteroatoms. The Labute approximate surface area is 237 Å². The number of carbonyl (C=O) groups excluding carboxylic acids is 1. The number of sulfonamides is 1. The summed E-state index contributed by atoms with van der Waals surface area (Å²) in [7, 11) is -3.21. The number of H-pyrrole nitrogens is 1. The fourth-order valence-electron chi connectivity index (χ4n) is 4.93. The molecule has 3 N–H and O–H groups in total. The second-order valence-electron chi connectivity index (χ2n) is 10.0. The first-order valence-electron chi connectivity index (χ1n) is 13.3. The van der Waals surface area contributed by atoms with Gasteiger partial charge in [-0.25, -0.2) is 22.7 Å². The number of para-hydroxylation sites is 1. The number of benzene rings is 3. The van der Waals surface area contributed by atoms with E-state index in [9.17, 15) is 13.2 Å². The Bertz CT molecular complexity index is 1830. The number of ether oxygens (including phenoxy) is 1. The Morgan fingerprint density at radius 3 is 2.71 bits per heavy atom. The molecule has 5 aromatic rings. The largest absolute Gasteiger partial charge is 0.484 e. The lowest BCUT2D eigenvalue weighted by Crippen LogP contribution is -2.47. The van der Waals surface area contributed by atoms with Gasteiger partial charge in [0, 0.05) is 41.2 Å². The van der Waals surface area contributed by atoms with Crippen molar-refractivity contribution in [3.8, 4) is 17.1 Å². The first kappa shape index (κ1) is 26.7. The maximum Gasteiger partial charge on any atom is 0.258 e. The summed E-state index contributed by atoms with van der Waals surface area (Å²) in [6.07, 6.45) is 4.12. The number of hydrogen-bond acceptors (Lipinski definition) is 8. The van der Waals surface area contributed by atoms with E-state index in [1.54, 1.807) is 12.3 Å². The molecule has 0 bridgehead atoms. The van der Waals surface area contributed by atoms with Gasteiger partial charge in [0.25, 0.3) is 5.91 Å². The van der Waals surface area contributed by atoms with Crippen LogP contribution in [0.4, 0.5) is 11.5 Å². The van der Waals surface area contributed by atoms with E-state index >= 15 is 0 Å². The molecule has 0 spiro atoms. The van der Waals surface area contributed by atoms with Crippen LogP contribution in [0.5, 0.6) is 5.75 Å². The average molecular weight is 572 g/mol. The van der Waals surface area contributed by atoms with Crippen LogP contribution in [0.1, 0.15) is 12.8 Å². The van der Waals surface area contributed by atoms with Gasteiger partial charge >= 0.3 is 0 Å². The van der Waals surface area contributed by atoms with Crippen molar-refractivity contribution in [1.29, 1.82) is 0 Å². The van der Waals surface area contributed by atoms with E-state index in [1.165, 1.54) is 10.6 Å². The molecule has 0 saturated carbocycles. The number of amides is 1. The van der Waals surface area contributed by atoms with Crippen LogP contribution in [0.2, 0.25) is 0 Å². The van der Waals surface area contributed by atoms with Gasteiger partial charge in [-0.2, -0.15) is 5.10 Å². The van der Waals surface area contributed by atoms with Crippen molar-refractivity contribution in [3.63, 3.8) is 0 Å². The average Bonchev–Trinajstić information content (AvgIpc) is 3.44. The zero-order valence-corrected chi connectivity index (χ0v) is 23.2.